The Bertz CT molecular complexity index is 1570. The molecule has 0 spiro atoms. The molecule has 8 heteroatoms. The first-order valence-electron chi connectivity index (χ1n) is 10.4. The molecule has 0 radical (unpaired) electrons. The molecule has 5 rings (SSSR count). The van der Waals surface area contributed by atoms with E-state index in [2.05, 4.69) is 15.4 Å². The molecule has 2 aromatic carbocycles. The average Bonchev–Trinajstić information content (AvgIpc) is 3.22. The summed E-state index contributed by atoms with van der Waals surface area (Å²) in [5.74, 6) is -0.327. The number of pyridine rings is 1. The van der Waals surface area contributed by atoms with E-state index in [-0.39, 0.29) is 11.5 Å². The van der Waals surface area contributed by atoms with Gasteiger partial charge in [-0.3, -0.25) is 14.2 Å². The zero-order valence-corrected chi connectivity index (χ0v) is 18.7. The van der Waals surface area contributed by atoms with E-state index in [1.165, 1.54) is 6.20 Å². The lowest BCUT2D eigenvalue weighted by Crippen LogP contribution is -2.32. The first-order valence-corrected chi connectivity index (χ1v) is 10.8. The van der Waals surface area contributed by atoms with Crippen LogP contribution < -0.4 is 10.9 Å². The predicted molar refractivity (Wildman–Crippen MR) is 128 cm³/mol. The molecule has 0 saturated carbocycles. The Morgan fingerprint density at radius 3 is 2.67 bits per heavy atom. The predicted octanol–water partition coefficient (Wildman–Crippen LogP) is 4.49. The number of benzene rings is 2. The van der Waals surface area contributed by atoms with Gasteiger partial charge in [0.15, 0.2) is 5.65 Å². The van der Waals surface area contributed by atoms with Crippen molar-refractivity contribution in [1.82, 2.24) is 24.5 Å². The molecular weight excluding hydrogens is 438 g/mol. The molecular formula is C25H20ClN5O2. The molecule has 0 aliphatic heterocycles. The van der Waals surface area contributed by atoms with Gasteiger partial charge in [-0.05, 0) is 49.1 Å². The van der Waals surface area contributed by atoms with Gasteiger partial charge in [-0.2, -0.15) is 5.10 Å². The fourth-order valence-electron chi connectivity index (χ4n) is 3.98. The topological polar surface area (TPSA) is 81.3 Å². The summed E-state index contributed by atoms with van der Waals surface area (Å²) < 4.78 is 3.17. The number of amides is 1. The van der Waals surface area contributed by atoms with Crippen LogP contribution in [0, 0.1) is 6.92 Å². The maximum atomic E-state index is 13.5. The quantitative estimate of drug-likeness (QED) is 0.431. The summed E-state index contributed by atoms with van der Waals surface area (Å²) in [6.07, 6.45) is 4.99. The van der Waals surface area contributed by atoms with Gasteiger partial charge in [0.1, 0.15) is 5.56 Å². The van der Waals surface area contributed by atoms with Gasteiger partial charge in [0, 0.05) is 23.8 Å². The van der Waals surface area contributed by atoms with Gasteiger partial charge < -0.3 is 5.32 Å². The fourth-order valence-corrected chi connectivity index (χ4v) is 4.24. The van der Waals surface area contributed by atoms with E-state index in [0.717, 1.165) is 5.56 Å². The van der Waals surface area contributed by atoms with Crippen molar-refractivity contribution in [2.75, 3.05) is 0 Å². The van der Waals surface area contributed by atoms with E-state index in [9.17, 15) is 9.59 Å². The lowest BCUT2D eigenvalue weighted by molar-refractivity contribution is 0.0940. The number of carbonyl (C=O) groups is 1. The molecule has 3 aromatic heterocycles. The van der Waals surface area contributed by atoms with E-state index in [1.807, 2.05) is 62.5 Å². The van der Waals surface area contributed by atoms with Crippen LogP contribution in [0.15, 0.2) is 78.0 Å². The third-order valence-corrected chi connectivity index (χ3v) is 5.88. The highest BCUT2D eigenvalue weighted by Gasteiger charge is 2.21. The minimum absolute atomic E-state index is 0.242. The van der Waals surface area contributed by atoms with Gasteiger partial charge in [-0.15, -0.1) is 0 Å². The van der Waals surface area contributed by atoms with E-state index in [1.54, 1.807) is 27.4 Å². The number of nitrogens with zero attached hydrogens (tertiary/aromatic N) is 4. The normalized spacial score (nSPS) is 12.2. The number of para-hydroxylation sites is 1. The third-order valence-electron chi connectivity index (χ3n) is 5.56. The summed E-state index contributed by atoms with van der Waals surface area (Å²) in [6.45, 7) is 3.75. The maximum Gasteiger partial charge on any atom is 0.264 e. The SMILES string of the molecule is Cc1cnc2c(C(=O)NC(C)c3cc4cccc(Cl)c4c(=O)n3-c3ccccc3)cnn2c1. The standard InChI is InChI=1S/C25H20ClN5O2/c1-15-12-27-23-19(13-28-30(23)14-15)24(32)29-16(2)21-11-17-7-6-10-20(26)22(17)25(33)31(21)18-8-4-3-5-9-18/h3-14,16H,1-2H3,(H,29,32). The smallest absolute Gasteiger partial charge is 0.264 e. The average molecular weight is 458 g/mol. The summed E-state index contributed by atoms with van der Waals surface area (Å²) in [6, 6.07) is 16.0. The van der Waals surface area contributed by atoms with Crippen LogP contribution >= 0.6 is 11.6 Å². The first-order chi connectivity index (χ1) is 15.9. The molecule has 7 nitrogen and oxygen atoms in total. The molecule has 0 fully saturated rings. The molecule has 1 amide bonds. The van der Waals surface area contributed by atoms with Crippen LogP contribution in [-0.2, 0) is 0 Å². The molecule has 33 heavy (non-hydrogen) atoms. The molecule has 5 aromatic rings. The van der Waals surface area contributed by atoms with Crippen molar-refractivity contribution in [3.63, 3.8) is 0 Å². The number of hydrogen-bond donors (Lipinski definition) is 1. The van der Waals surface area contributed by atoms with E-state index >= 15 is 0 Å². The molecule has 0 aliphatic carbocycles. The van der Waals surface area contributed by atoms with Gasteiger partial charge in [0.05, 0.1) is 22.6 Å². The van der Waals surface area contributed by atoms with E-state index in [4.69, 9.17) is 11.6 Å². The summed E-state index contributed by atoms with van der Waals surface area (Å²) in [4.78, 5) is 31.0. The lowest BCUT2D eigenvalue weighted by Gasteiger charge is -2.21. The Labute approximate surface area is 194 Å². The van der Waals surface area contributed by atoms with Gasteiger partial charge >= 0.3 is 0 Å². The Morgan fingerprint density at radius 1 is 1.09 bits per heavy atom. The maximum absolute atomic E-state index is 13.5. The number of carbonyl (C=O) groups excluding carboxylic acids is 1. The second-order valence-corrected chi connectivity index (χ2v) is 8.31. The highest BCUT2D eigenvalue weighted by molar-refractivity contribution is 6.35. The van der Waals surface area contributed by atoms with Crippen molar-refractivity contribution in [3.05, 3.63) is 105 Å². The summed E-state index contributed by atoms with van der Waals surface area (Å²) in [7, 11) is 0. The van der Waals surface area contributed by atoms with Crippen molar-refractivity contribution in [3.8, 4) is 5.69 Å². The molecule has 1 unspecified atom stereocenters. The zero-order valence-electron chi connectivity index (χ0n) is 18.0. The van der Waals surface area contributed by atoms with Crippen LogP contribution in [0.25, 0.3) is 22.1 Å². The number of rotatable bonds is 4. The van der Waals surface area contributed by atoms with Gasteiger partial charge in [-0.25, -0.2) is 9.50 Å². The fraction of sp³-hybridized carbons (Fsp3) is 0.120. The van der Waals surface area contributed by atoms with Crippen LogP contribution in [0.5, 0.6) is 0 Å². The Balaban J connectivity index is 1.61. The molecule has 0 aliphatic rings. The van der Waals surface area contributed by atoms with Crippen LogP contribution in [0.4, 0.5) is 0 Å². The van der Waals surface area contributed by atoms with Crippen LogP contribution in [0.1, 0.15) is 34.6 Å². The van der Waals surface area contributed by atoms with E-state index < -0.39 is 6.04 Å². The van der Waals surface area contributed by atoms with Gasteiger partial charge in [-0.1, -0.05) is 41.9 Å². The van der Waals surface area contributed by atoms with Crippen molar-refractivity contribution < 1.29 is 4.79 Å². The molecule has 0 saturated heterocycles. The molecule has 0 bridgehead atoms. The van der Waals surface area contributed by atoms with Crippen LogP contribution in [0.2, 0.25) is 5.02 Å². The molecule has 1 N–H and O–H groups in total. The minimum atomic E-state index is -0.491. The van der Waals surface area contributed by atoms with Gasteiger partial charge in [0.25, 0.3) is 11.5 Å². The second kappa shape index (κ2) is 8.18. The van der Waals surface area contributed by atoms with Crippen molar-refractivity contribution in [2.45, 2.75) is 19.9 Å². The van der Waals surface area contributed by atoms with Crippen LogP contribution in [-0.4, -0.2) is 25.1 Å². The Kier molecular flexibility index (Phi) is 5.18. The number of fused-ring (bicyclic) bond motifs is 2. The summed E-state index contributed by atoms with van der Waals surface area (Å²) >= 11 is 6.37. The van der Waals surface area contributed by atoms with Crippen molar-refractivity contribution in [1.29, 1.82) is 0 Å². The molecule has 1 atom stereocenters. The summed E-state index contributed by atoms with van der Waals surface area (Å²) in [5.41, 5.74) is 2.85. The van der Waals surface area contributed by atoms with Gasteiger partial charge in [0.2, 0.25) is 0 Å². The third kappa shape index (κ3) is 3.66. The Morgan fingerprint density at radius 2 is 1.88 bits per heavy atom. The molecule has 3 heterocycles. The highest BCUT2D eigenvalue weighted by atomic mass is 35.5. The highest BCUT2D eigenvalue weighted by Crippen LogP contribution is 2.25. The number of aromatic nitrogens is 4. The Hall–Kier alpha value is -3.97. The van der Waals surface area contributed by atoms with Crippen molar-refractivity contribution in [2.24, 2.45) is 0 Å². The molecule has 164 valence electrons. The first kappa shape index (κ1) is 20.9. The second-order valence-electron chi connectivity index (χ2n) is 7.90. The van der Waals surface area contributed by atoms with Crippen LogP contribution in [0.3, 0.4) is 0 Å². The number of halogens is 1. The monoisotopic (exact) mass is 457 g/mol. The number of aryl methyl sites for hydroxylation is 1. The number of hydrogen-bond acceptors (Lipinski definition) is 4. The minimum Gasteiger partial charge on any atom is -0.344 e. The largest absolute Gasteiger partial charge is 0.344 e. The van der Waals surface area contributed by atoms with Crippen molar-refractivity contribution >= 4 is 33.9 Å². The van der Waals surface area contributed by atoms with E-state index in [0.29, 0.717) is 38.4 Å². The number of nitrogens with one attached hydrogen (secondary N) is 1. The lowest BCUT2D eigenvalue weighted by atomic mass is 10.1. The zero-order chi connectivity index (χ0) is 23.1. The summed E-state index contributed by atoms with van der Waals surface area (Å²) in [5, 5.41) is 8.77.